The number of hydrogen-bond donors (Lipinski definition) is 2. The van der Waals surface area contributed by atoms with Gasteiger partial charge in [-0.15, -0.1) is 0 Å². The predicted molar refractivity (Wildman–Crippen MR) is 128 cm³/mol. The van der Waals surface area contributed by atoms with Crippen molar-refractivity contribution in [1.82, 2.24) is 25.3 Å². The lowest BCUT2D eigenvalue weighted by atomic mass is 9.96. The Bertz CT molecular complexity index is 1220. The van der Waals surface area contributed by atoms with Crippen molar-refractivity contribution in [1.29, 1.82) is 0 Å². The summed E-state index contributed by atoms with van der Waals surface area (Å²) in [7, 11) is 1.60. The zero-order valence-corrected chi connectivity index (χ0v) is 19.7. The molecule has 2 aromatic carbocycles. The fourth-order valence-corrected chi connectivity index (χ4v) is 4.09. The molecule has 8 nitrogen and oxygen atoms in total. The van der Waals surface area contributed by atoms with E-state index in [0.717, 1.165) is 11.1 Å². The van der Waals surface area contributed by atoms with Gasteiger partial charge in [-0.3, -0.25) is 19.1 Å². The van der Waals surface area contributed by atoms with Crippen molar-refractivity contribution in [2.24, 2.45) is 0 Å². The van der Waals surface area contributed by atoms with E-state index in [-0.39, 0.29) is 30.0 Å². The minimum atomic E-state index is -1.14. The third kappa shape index (κ3) is 4.71. The molecule has 1 unspecified atom stereocenters. The molecule has 0 aliphatic carbocycles. The van der Waals surface area contributed by atoms with Crippen LogP contribution in [0.2, 0.25) is 0 Å². The van der Waals surface area contributed by atoms with Crippen LogP contribution >= 0.6 is 0 Å². The Morgan fingerprint density at radius 1 is 1.03 bits per heavy atom. The molecule has 2 N–H and O–H groups in total. The maximum absolute atomic E-state index is 13.1. The van der Waals surface area contributed by atoms with Gasteiger partial charge in [0.25, 0.3) is 11.8 Å². The Kier molecular flexibility index (Phi) is 6.49. The molecular weight excluding hydrogens is 430 g/mol. The number of aryl methyl sites for hydroxylation is 1. The number of aromatic nitrogens is 2. The van der Waals surface area contributed by atoms with E-state index in [9.17, 15) is 14.4 Å². The maximum Gasteiger partial charge on any atom is 0.272 e. The van der Waals surface area contributed by atoms with Crippen LogP contribution in [-0.4, -0.2) is 51.5 Å². The maximum atomic E-state index is 13.1. The molecule has 0 saturated carbocycles. The second-order valence-corrected chi connectivity index (χ2v) is 8.87. The predicted octanol–water partition coefficient (Wildman–Crippen LogP) is 2.32. The number of likely N-dealkylation sites (N-methyl/N-ethyl adjacent to an activating group) is 1. The first-order valence-electron chi connectivity index (χ1n) is 11.3. The summed E-state index contributed by atoms with van der Waals surface area (Å²) in [4.78, 5) is 40.2. The minimum absolute atomic E-state index is 0.155. The standard InChI is InChI=1S/C26H29N5O3/c1-18-8-7-11-19(14-18)12-13-27-23(32)21-15-22-24(33)30(3)26(2,17-31(22)29-21)25(34)28-16-20-9-5-4-6-10-20/h4-11,14-15H,12-13,16-17H2,1-3H3,(H,27,32)(H,28,34). The Morgan fingerprint density at radius 3 is 2.50 bits per heavy atom. The fraction of sp³-hybridized carbons (Fsp3) is 0.308. The first kappa shape index (κ1) is 23.2. The van der Waals surface area contributed by atoms with Crippen molar-refractivity contribution in [3.63, 3.8) is 0 Å². The van der Waals surface area contributed by atoms with Crippen molar-refractivity contribution >= 4 is 17.7 Å². The minimum Gasteiger partial charge on any atom is -0.350 e. The van der Waals surface area contributed by atoms with Crippen LogP contribution < -0.4 is 10.6 Å². The number of amides is 3. The fourth-order valence-electron chi connectivity index (χ4n) is 4.09. The largest absolute Gasteiger partial charge is 0.350 e. The van der Waals surface area contributed by atoms with Gasteiger partial charge >= 0.3 is 0 Å². The van der Waals surface area contributed by atoms with Gasteiger partial charge in [-0.2, -0.15) is 5.10 Å². The monoisotopic (exact) mass is 459 g/mol. The van der Waals surface area contributed by atoms with Gasteiger partial charge < -0.3 is 15.5 Å². The highest BCUT2D eigenvalue weighted by Crippen LogP contribution is 2.26. The average molecular weight is 460 g/mol. The second kappa shape index (κ2) is 9.51. The lowest BCUT2D eigenvalue weighted by Crippen LogP contribution is -2.62. The Labute approximate surface area is 199 Å². The molecule has 4 rings (SSSR count). The molecule has 34 heavy (non-hydrogen) atoms. The molecule has 3 aromatic rings. The molecule has 0 bridgehead atoms. The number of nitrogens with one attached hydrogen (secondary N) is 2. The van der Waals surface area contributed by atoms with Crippen LogP contribution in [0.15, 0.2) is 60.7 Å². The van der Waals surface area contributed by atoms with Gasteiger partial charge in [-0.1, -0.05) is 60.2 Å². The van der Waals surface area contributed by atoms with Crippen LogP contribution in [-0.2, 0) is 24.3 Å². The molecule has 0 spiro atoms. The highest BCUT2D eigenvalue weighted by Gasteiger charge is 2.46. The highest BCUT2D eigenvalue weighted by atomic mass is 16.2. The van der Waals surface area contributed by atoms with Gasteiger partial charge in [0.1, 0.15) is 11.2 Å². The van der Waals surface area contributed by atoms with Gasteiger partial charge in [-0.05, 0) is 31.4 Å². The van der Waals surface area contributed by atoms with E-state index in [1.165, 1.54) is 21.2 Å². The quantitative estimate of drug-likeness (QED) is 0.567. The van der Waals surface area contributed by atoms with Gasteiger partial charge in [-0.25, -0.2) is 0 Å². The summed E-state index contributed by atoms with van der Waals surface area (Å²) in [6.45, 7) is 4.70. The third-order valence-corrected chi connectivity index (χ3v) is 6.30. The molecule has 1 atom stereocenters. The van der Waals surface area contributed by atoms with Crippen LogP contribution in [0.4, 0.5) is 0 Å². The van der Waals surface area contributed by atoms with Gasteiger partial charge in [0.05, 0.1) is 6.54 Å². The van der Waals surface area contributed by atoms with Crippen LogP contribution in [0.5, 0.6) is 0 Å². The Balaban J connectivity index is 1.42. The van der Waals surface area contributed by atoms with E-state index in [1.54, 1.807) is 14.0 Å². The van der Waals surface area contributed by atoms with Crippen LogP contribution in [0, 0.1) is 6.92 Å². The number of benzene rings is 2. The van der Waals surface area contributed by atoms with E-state index >= 15 is 0 Å². The summed E-state index contributed by atoms with van der Waals surface area (Å²) in [6, 6.07) is 19.2. The Hall–Kier alpha value is -3.94. The molecule has 1 aliphatic heterocycles. The topological polar surface area (TPSA) is 96.3 Å². The molecule has 176 valence electrons. The van der Waals surface area contributed by atoms with Gasteiger partial charge in [0.15, 0.2) is 5.69 Å². The zero-order chi connectivity index (χ0) is 24.3. The molecular formula is C26H29N5O3. The van der Waals surface area contributed by atoms with Gasteiger partial charge in [0.2, 0.25) is 5.91 Å². The first-order valence-corrected chi connectivity index (χ1v) is 11.3. The summed E-state index contributed by atoms with van der Waals surface area (Å²) in [6.07, 6.45) is 0.697. The molecule has 1 aromatic heterocycles. The van der Waals surface area contributed by atoms with E-state index in [4.69, 9.17) is 0 Å². The molecule has 2 heterocycles. The molecule has 3 amide bonds. The third-order valence-electron chi connectivity index (χ3n) is 6.30. The number of carbonyl (C=O) groups excluding carboxylic acids is 3. The summed E-state index contributed by atoms with van der Waals surface area (Å²) in [5.74, 6) is -0.979. The van der Waals surface area contributed by atoms with Crippen LogP contribution in [0.25, 0.3) is 0 Å². The van der Waals surface area contributed by atoms with Gasteiger partial charge in [0, 0.05) is 26.2 Å². The van der Waals surface area contributed by atoms with Crippen molar-refractivity contribution in [3.05, 3.63) is 88.7 Å². The first-order chi connectivity index (χ1) is 16.3. The number of carbonyl (C=O) groups is 3. The zero-order valence-electron chi connectivity index (χ0n) is 19.7. The molecule has 0 fully saturated rings. The molecule has 0 saturated heterocycles. The van der Waals surface area contributed by atoms with E-state index in [2.05, 4.69) is 21.8 Å². The SMILES string of the molecule is Cc1cccc(CCNC(=O)c2cc3n(n2)CC(C)(C(=O)NCc2ccccc2)N(C)C3=O)c1. The van der Waals surface area contributed by atoms with Crippen molar-refractivity contribution in [3.8, 4) is 0 Å². The van der Waals surface area contributed by atoms with Crippen molar-refractivity contribution in [2.45, 2.75) is 38.9 Å². The molecule has 8 heteroatoms. The van der Waals surface area contributed by atoms with Crippen molar-refractivity contribution < 1.29 is 14.4 Å². The second-order valence-electron chi connectivity index (χ2n) is 8.87. The van der Waals surface area contributed by atoms with E-state index in [1.807, 2.05) is 55.5 Å². The summed E-state index contributed by atoms with van der Waals surface area (Å²) >= 11 is 0. The number of fused-ring (bicyclic) bond motifs is 1. The van der Waals surface area contributed by atoms with E-state index < -0.39 is 5.54 Å². The lowest BCUT2D eigenvalue weighted by Gasteiger charge is -2.40. The summed E-state index contributed by atoms with van der Waals surface area (Å²) in [5.41, 5.74) is 2.59. The lowest BCUT2D eigenvalue weighted by molar-refractivity contribution is -0.132. The van der Waals surface area contributed by atoms with Crippen molar-refractivity contribution in [2.75, 3.05) is 13.6 Å². The van der Waals surface area contributed by atoms with Crippen LogP contribution in [0.1, 0.15) is 44.6 Å². The van der Waals surface area contributed by atoms with E-state index in [0.29, 0.717) is 25.2 Å². The number of nitrogens with zero attached hydrogens (tertiary/aromatic N) is 3. The smallest absolute Gasteiger partial charge is 0.272 e. The molecule has 0 radical (unpaired) electrons. The Morgan fingerprint density at radius 2 is 1.76 bits per heavy atom. The highest BCUT2D eigenvalue weighted by molar-refractivity contribution is 6.01. The summed E-state index contributed by atoms with van der Waals surface area (Å²) < 4.78 is 1.46. The number of rotatable bonds is 7. The summed E-state index contributed by atoms with van der Waals surface area (Å²) in [5, 5.41) is 10.1. The number of hydrogen-bond acceptors (Lipinski definition) is 4. The van der Waals surface area contributed by atoms with Crippen LogP contribution in [0.3, 0.4) is 0 Å². The molecule has 1 aliphatic rings. The average Bonchev–Trinajstić information content (AvgIpc) is 3.25. The normalized spacial score (nSPS) is 17.3.